The number of amides is 2. The van der Waals surface area contributed by atoms with Crippen LogP contribution in [0.25, 0.3) is 6.08 Å². The molecule has 6 nitrogen and oxygen atoms in total. The minimum absolute atomic E-state index is 0.0721. The fraction of sp³-hybridized carbons (Fsp3) is 0.200. The van der Waals surface area contributed by atoms with Crippen LogP contribution >= 0.6 is 0 Å². The summed E-state index contributed by atoms with van der Waals surface area (Å²) in [6.45, 7) is 2.51. The molecule has 1 aliphatic rings. The number of nitrogens with zero attached hydrogens (tertiary/aromatic N) is 1. The highest BCUT2D eigenvalue weighted by Gasteiger charge is 2.31. The van der Waals surface area contributed by atoms with Crippen LogP contribution in [0.15, 0.2) is 54.6 Å². The molecule has 2 N–H and O–H groups in total. The van der Waals surface area contributed by atoms with Crippen LogP contribution in [0.3, 0.4) is 0 Å². The lowest BCUT2D eigenvalue weighted by Crippen LogP contribution is -2.49. The number of benzene rings is 2. The number of anilines is 1. The Kier molecular flexibility index (Phi) is 5.22. The third kappa shape index (κ3) is 3.69. The molecule has 0 aromatic heterocycles. The predicted octanol–water partition coefficient (Wildman–Crippen LogP) is 2.38. The number of para-hydroxylation sites is 3. The zero-order valence-electron chi connectivity index (χ0n) is 14.4. The average Bonchev–Trinajstić information content (AvgIpc) is 2.66. The van der Waals surface area contributed by atoms with Crippen molar-refractivity contribution >= 4 is 23.6 Å². The summed E-state index contributed by atoms with van der Waals surface area (Å²) in [5, 5.41) is 0. The monoisotopic (exact) mass is 352 g/mol. The van der Waals surface area contributed by atoms with E-state index in [9.17, 15) is 9.59 Å². The molecule has 1 unspecified atom stereocenters. The summed E-state index contributed by atoms with van der Waals surface area (Å²) in [6.07, 6.45) is 2.28. The molecule has 1 aliphatic heterocycles. The van der Waals surface area contributed by atoms with E-state index in [-0.39, 0.29) is 12.5 Å². The molecule has 0 radical (unpaired) electrons. The topological polar surface area (TPSA) is 81.9 Å². The van der Waals surface area contributed by atoms with Gasteiger partial charge in [0.25, 0.3) is 11.8 Å². The van der Waals surface area contributed by atoms with Gasteiger partial charge in [-0.2, -0.15) is 0 Å². The van der Waals surface area contributed by atoms with E-state index < -0.39 is 12.0 Å². The van der Waals surface area contributed by atoms with Gasteiger partial charge in [-0.05, 0) is 31.2 Å². The lowest BCUT2D eigenvalue weighted by molar-refractivity contribution is -0.125. The molecule has 26 heavy (non-hydrogen) atoms. The third-order valence-corrected chi connectivity index (χ3v) is 3.98. The van der Waals surface area contributed by atoms with Gasteiger partial charge in [0, 0.05) is 11.6 Å². The van der Waals surface area contributed by atoms with Gasteiger partial charge in [-0.1, -0.05) is 30.3 Å². The minimum atomic E-state index is -0.877. The Labute approximate surface area is 151 Å². The van der Waals surface area contributed by atoms with Gasteiger partial charge in [0.2, 0.25) is 0 Å². The Balaban J connectivity index is 1.86. The minimum Gasteiger partial charge on any atom is -0.493 e. The van der Waals surface area contributed by atoms with Crippen LogP contribution in [0, 0.1) is 0 Å². The summed E-state index contributed by atoms with van der Waals surface area (Å²) in [7, 11) is 0. The maximum atomic E-state index is 12.8. The second-order valence-corrected chi connectivity index (χ2v) is 5.73. The van der Waals surface area contributed by atoms with Gasteiger partial charge < -0.3 is 20.1 Å². The van der Waals surface area contributed by atoms with Gasteiger partial charge in [0.05, 0.1) is 18.8 Å². The highest BCUT2D eigenvalue weighted by Crippen LogP contribution is 2.33. The number of nitrogens with two attached hydrogens (primary N) is 1. The maximum absolute atomic E-state index is 12.8. The molecule has 1 heterocycles. The molecular weight excluding hydrogens is 332 g/mol. The van der Waals surface area contributed by atoms with Crippen molar-refractivity contribution in [1.29, 1.82) is 0 Å². The number of fused-ring (bicyclic) bond motifs is 1. The molecule has 2 aromatic carbocycles. The number of ether oxygens (including phenoxy) is 2. The Morgan fingerprint density at radius 1 is 1.23 bits per heavy atom. The van der Waals surface area contributed by atoms with Crippen LogP contribution in [-0.2, 0) is 9.59 Å². The maximum Gasteiger partial charge on any atom is 0.260 e. The molecule has 2 aromatic rings. The van der Waals surface area contributed by atoms with E-state index in [1.165, 1.54) is 11.0 Å². The van der Waals surface area contributed by atoms with Crippen LogP contribution in [0.1, 0.15) is 12.5 Å². The van der Waals surface area contributed by atoms with Crippen molar-refractivity contribution in [2.75, 3.05) is 18.1 Å². The second-order valence-electron chi connectivity index (χ2n) is 5.73. The molecule has 0 aliphatic carbocycles. The SMILES string of the molecule is CCOc1ccccc1/C=C/C(=O)N1CC(C(N)=O)Oc2ccccc21. The van der Waals surface area contributed by atoms with Gasteiger partial charge in [-0.15, -0.1) is 0 Å². The lowest BCUT2D eigenvalue weighted by atomic mass is 10.1. The first-order valence-electron chi connectivity index (χ1n) is 8.36. The molecule has 0 fully saturated rings. The van der Waals surface area contributed by atoms with Crippen molar-refractivity contribution in [2.45, 2.75) is 13.0 Å². The molecular formula is C20H20N2O4. The van der Waals surface area contributed by atoms with E-state index in [1.807, 2.05) is 31.2 Å². The number of hydrogen-bond donors (Lipinski definition) is 1. The Bertz CT molecular complexity index is 847. The van der Waals surface area contributed by atoms with E-state index in [1.54, 1.807) is 30.3 Å². The number of carbonyl (C=O) groups excluding carboxylic acids is 2. The fourth-order valence-corrected chi connectivity index (χ4v) is 2.75. The number of rotatable bonds is 5. The first-order chi connectivity index (χ1) is 12.6. The molecule has 0 saturated carbocycles. The van der Waals surface area contributed by atoms with E-state index in [4.69, 9.17) is 15.2 Å². The molecule has 134 valence electrons. The predicted molar refractivity (Wildman–Crippen MR) is 99.1 cm³/mol. The zero-order valence-corrected chi connectivity index (χ0v) is 14.4. The molecule has 0 bridgehead atoms. The average molecular weight is 352 g/mol. The van der Waals surface area contributed by atoms with Crippen molar-refractivity contribution in [3.8, 4) is 11.5 Å². The van der Waals surface area contributed by atoms with Crippen molar-refractivity contribution in [3.05, 3.63) is 60.2 Å². The summed E-state index contributed by atoms with van der Waals surface area (Å²) in [5.74, 6) is 0.289. The first kappa shape index (κ1) is 17.5. The second kappa shape index (κ2) is 7.74. The Morgan fingerprint density at radius 3 is 2.73 bits per heavy atom. The normalized spacial score (nSPS) is 16.0. The Morgan fingerprint density at radius 2 is 1.96 bits per heavy atom. The van der Waals surface area contributed by atoms with Crippen LogP contribution in [0.2, 0.25) is 0 Å². The summed E-state index contributed by atoms with van der Waals surface area (Å²) in [6, 6.07) is 14.5. The molecule has 0 saturated heterocycles. The summed E-state index contributed by atoms with van der Waals surface area (Å²) >= 11 is 0. The standard InChI is InChI=1S/C20H20N2O4/c1-2-25-16-9-5-3-7-14(16)11-12-19(23)22-13-18(20(21)24)26-17-10-6-4-8-15(17)22/h3-12,18H,2,13H2,1H3,(H2,21,24)/b12-11+. The van der Waals surface area contributed by atoms with Crippen molar-refractivity contribution in [2.24, 2.45) is 5.73 Å². The van der Waals surface area contributed by atoms with Gasteiger partial charge in [0.15, 0.2) is 6.10 Å². The summed E-state index contributed by atoms with van der Waals surface area (Å²) in [5.41, 5.74) is 6.78. The third-order valence-electron chi connectivity index (χ3n) is 3.98. The summed E-state index contributed by atoms with van der Waals surface area (Å²) in [4.78, 5) is 25.8. The number of primary amides is 1. The fourth-order valence-electron chi connectivity index (χ4n) is 2.75. The van der Waals surface area contributed by atoms with Crippen LogP contribution in [0.4, 0.5) is 5.69 Å². The smallest absolute Gasteiger partial charge is 0.260 e. The molecule has 2 amide bonds. The van der Waals surface area contributed by atoms with E-state index in [0.29, 0.717) is 23.8 Å². The number of hydrogen-bond acceptors (Lipinski definition) is 4. The van der Waals surface area contributed by atoms with Crippen LogP contribution in [0.5, 0.6) is 11.5 Å². The first-order valence-corrected chi connectivity index (χ1v) is 8.36. The largest absolute Gasteiger partial charge is 0.493 e. The van der Waals surface area contributed by atoms with Gasteiger partial charge in [-0.25, -0.2) is 0 Å². The molecule has 1 atom stereocenters. The van der Waals surface area contributed by atoms with E-state index in [2.05, 4.69) is 0 Å². The van der Waals surface area contributed by atoms with Crippen molar-refractivity contribution in [3.63, 3.8) is 0 Å². The molecule has 6 heteroatoms. The van der Waals surface area contributed by atoms with Gasteiger partial charge in [0.1, 0.15) is 11.5 Å². The van der Waals surface area contributed by atoms with E-state index in [0.717, 1.165) is 5.56 Å². The lowest BCUT2D eigenvalue weighted by Gasteiger charge is -2.32. The molecule has 3 rings (SSSR count). The highest BCUT2D eigenvalue weighted by molar-refractivity contribution is 6.05. The van der Waals surface area contributed by atoms with Crippen LogP contribution < -0.4 is 20.1 Å². The zero-order chi connectivity index (χ0) is 18.5. The number of carbonyl (C=O) groups is 2. The Hall–Kier alpha value is -3.28. The highest BCUT2D eigenvalue weighted by atomic mass is 16.5. The van der Waals surface area contributed by atoms with Crippen molar-refractivity contribution in [1.82, 2.24) is 0 Å². The van der Waals surface area contributed by atoms with Crippen LogP contribution in [-0.4, -0.2) is 31.1 Å². The van der Waals surface area contributed by atoms with Crippen molar-refractivity contribution < 1.29 is 19.1 Å². The molecule has 0 spiro atoms. The quantitative estimate of drug-likeness (QED) is 0.838. The van der Waals surface area contributed by atoms with E-state index >= 15 is 0 Å². The summed E-state index contributed by atoms with van der Waals surface area (Å²) < 4.78 is 11.1. The van der Waals surface area contributed by atoms with Gasteiger partial charge in [-0.3, -0.25) is 9.59 Å². The van der Waals surface area contributed by atoms with Gasteiger partial charge >= 0.3 is 0 Å².